The van der Waals surface area contributed by atoms with Gasteiger partial charge in [0.15, 0.2) is 0 Å². The van der Waals surface area contributed by atoms with E-state index in [2.05, 4.69) is 30.7 Å². The summed E-state index contributed by atoms with van der Waals surface area (Å²) in [4.78, 5) is 8.51. The first-order valence-electron chi connectivity index (χ1n) is 7.31. The van der Waals surface area contributed by atoms with Gasteiger partial charge in [-0.05, 0) is 32.2 Å². The first-order chi connectivity index (χ1) is 9.00. The molecule has 1 N–H and O–H groups in total. The van der Waals surface area contributed by atoms with Crippen LogP contribution in [0.5, 0.6) is 0 Å². The zero-order valence-electron chi connectivity index (χ0n) is 12.4. The molecule has 0 amide bonds. The van der Waals surface area contributed by atoms with Crippen molar-refractivity contribution in [2.24, 2.45) is 0 Å². The first-order valence-corrected chi connectivity index (χ1v) is 8.12. The van der Waals surface area contributed by atoms with E-state index in [9.17, 15) is 0 Å². The van der Waals surface area contributed by atoms with Crippen LogP contribution in [-0.4, -0.2) is 34.2 Å². The number of hydrogen-bond donors (Lipinski definition) is 1. The normalized spacial score (nSPS) is 21.2. The molecule has 1 aliphatic rings. The Labute approximate surface area is 120 Å². The van der Waals surface area contributed by atoms with Crippen molar-refractivity contribution in [1.82, 2.24) is 9.88 Å². The van der Waals surface area contributed by atoms with Gasteiger partial charge >= 0.3 is 0 Å². The van der Waals surface area contributed by atoms with Crippen molar-refractivity contribution >= 4 is 11.3 Å². The molecule has 108 valence electrons. The number of nitrogens with zero attached hydrogens (tertiary/aromatic N) is 2. The molecule has 2 heterocycles. The molecule has 3 nitrogen and oxygen atoms in total. The molecule has 0 radical (unpaired) electrons. The summed E-state index contributed by atoms with van der Waals surface area (Å²) < 4.78 is 0. The van der Waals surface area contributed by atoms with Crippen LogP contribution in [0.1, 0.15) is 56.3 Å². The molecule has 1 aromatic heterocycles. The zero-order chi connectivity index (χ0) is 13.9. The SMILES string of the molecule is CC(C)(C)c1ncc(CN2CCCC2CCCO)s1. The highest BCUT2D eigenvalue weighted by molar-refractivity contribution is 7.11. The molecule has 1 aliphatic heterocycles. The first kappa shape index (κ1) is 14.9. The number of aliphatic hydroxyl groups is 1. The molecular formula is C15H26N2OS. The Morgan fingerprint density at radius 2 is 2.26 bits per heavy atom. The minimum Gasteiger partial charge on any atom is -0.396 e. The maximum atomic E-state index is 8.97. The predicted octanol–water partition coefficient (Wildman–Crippen LogP) is 3.18. The fourth-order valence-corrected chi connectivity index (χ4v) is 3.68. The molecule has 1 fully saturated rings. The highest BCUT2D eigenvalue weighted by Gasteiger charge is 2.25. The van der Waals surface area contributed by atoms with Crippen LogP contribution in [0.3, 0.4) is 0 Å². The predicted molar refractivity (Wildman–Crippen MR) is 80.6 cm³/mol. The number of aliphatic hydroxyl groups excluding tert-OH is 1. The van der Waals surface area contributed by atoms with E-state index in [-0.39, 0.29) is 5.41 Å². The molecule has 0 bridgehead atoms. The Bertz CT molecular complexity index is 397. The fourth-order valence-electron chi connectivity index (χ4n) is 2.68. The van der Waals surface area contributed by atoms with E-state index >= 15 is 0 Å². The molecule has 1 atom stereocenters. The van der Waals surface area contributed by atoms with Crippen LogP contribution in [0.25, 0.3) is 0 Å². The van der Waals surface area contributed by atoms with Gasteiger partial charge in [-0.1, -0.05) is 20.8 Å². The van der Waals surface area contributed by atoms with Crippen molar-refractivity contribution in [3.05, 3.63) is 16.1 Å². The monoisotopic (exact) mass is 282 g/mol. The Hall–Kier alpha value is -0.450. The third kappa shape index (κ3) is 4.01. The summed E-state index contributed by atoms with van der Waals surface area (Å²) in [6.07, 6.45) is 6.68. The second-order valence-corrected chi connectivity index (χ2v) is 7.63. The Morgan fingerprint density at radius 3 is 2.89 bits per heavy atom. The van der Waals surface area contributed by atoms with Crippen LogP contribution in [0, 0.1) is 0 Å². The van der Waals surface area contributed by atoms with Gasteiger partial charge in [0.05, 0.1) is 5.01 Å². The molecule has 0 spiro atoms. The zero-order valence-corrected chi connectivity index (χ0v) is 13.2. The summed E-state index contributed by atoms with van der Waals surface area (Å²) >= 11 is 1.85. The van der Waals surface area contributed by atoms with Crippen LogP contribution in [-0.2, 0) is 12.0 Å². The van der Waals surface area contributed by atoms with E-state index < -0.39 is 0 Å². The average Bonchev–Trinajstić information content (AvgIpc) is 2.95. The highest BCUT2D eigenvalue weighted by atomic mass is 32.1. The van der Waals surface area contributed by atoms with Crippen molar-refractivity contribution < 1.29 is 5.11 Å². The standard InChI is InChI=1S/C15H26N2OS/c1-15(2,3)14-16-10-13(19-14)11-17-8-4-6-12(17)7-5-9-18/h10,12,18H,4-9,11H2,1-3H3. The van der Waals surface area contributed by atoms with Crippen molar-refractivity contribution in [2.45, 2.75) is 64.5 Å². The van der Waals surface area contributed by atoms with Crippen molar-refractivity contribution in [1.29, 1.82) is 0 Å². The summed E-state index contributed by atoms with van der Waals surface area (Å²) in [5.74, 6) is 0. The summed E-state index contributed by atoms with van der Waals surface area (Å²) in [5, 5.41) is 10.2. The summed E-state index contributed by atoms with van der Waals surface area (Å²) in [6.45, 7) is 9.20. The van der Waals surface area contributed by atoms with E-state index in [1.54, 1.807) is 0 Å². The Morgan fingerprint density at radius 1 is 1.47 bits per heavy atom. The minimum atomic E-state index is 0.157. The van der Waals surface area contributed by atoms with E-state index in [1.807, 2.05) is 17.5 Å². The molecule has 2 rings (SSSR count). The van der Waals surface area contributed by atoms with Crippen molar-refractivity contribution in [2.75, 3.05) is 13.2 Å². The lowest BCUT2D eigenvalue weighted by molar-refractivity contribution is 0.211. The molecule has 1 aromatic rings. The van der Waals surface area contributed by atoms with Gasteiger partial charge in [0.2, 0.25) is 0 Å². The highest BCUT2D eigenvalue weighted by Crippen LogP contribution is 2.29. The third-order valence-electron chi connectivity index (χ3n) is 3.75. The van der Waals surface area contributed by atoms with E-state index in [0.717, 1.165) is 19.4 Å². The maximum Gasteiger partial charge on any atom is 0.0981 e. The molecule has 4 heteroatoms. The second kappa shape index (κ2) is 6.33. The lowest BCUT2D eigenvalue weighted by Crippen LogP contribution is -2.28. The average molecular weight is 282 g/mol. The number of thiazole rings is 1. The topological polar surface area (TPSA) is 36.4 Å². The molecule has 0 aliphatic carbocycles. The molecule has 1 saturated heterocycles. The van der Waals surface area contributed by atoms with Gasteiger partial charge in [0.1, 0.15) is 0 Å². The van der Waals surface area contributed by atoms with Crippen LogP contribution >= 0.6 is 11.3 Å². The number of rotatable bonds is 5. The molecule has 19 heavy (non-hydrogen) atoms. The van der Waals surface area contributed by atoms with Crippen LogP contribution in [0.4, 0.5) is 0 Å². The third-order valence-corrected chi connectivity index (χ3v) is 5.16. The molecule has 0 aromatic carbocycles. The number of aromatic nitrogens is 1. The van der Waals surface area contributed by atoms with Crippen molar-refractivity contribution in [3.8, 4) is 0 Å². The van der Waals surface area contributed by atoms with Crippen LogP contribution < -0.4 is 0 Å². The molecule has 0 saturated carbocycles. The van der Waals surface area contributed by atoms with Gasteiger partial charge in [0, 0.05) is 35.7 Å². The van der Waals surface area contributed by atoms with Gasteiger partial charge in [0.25, 0.3) is 0 Å². The van der Waals surface area contributed by atoms with E-state index in [0.29, 0.717) is 12.6 Å². The second-order valence-electron chi connectivity index (χ2n) is 6.51. The summed E-state index contributed by atoms with van der Waals surface area (Å²) in [7, 11) is 0. The lowest BCUT2D eigenvalue weighted by atomic mass is 9.98. The maximum absolute atomic E-state index is 8.97. The van der Waals surface area contributed by atoms with Gasteiger partial charge < -0.3 is 5.11 Å². The van der Waals surface area contributed by atoms with E-state index in [1.165, 1.54) is 29.3 Å². The molecule has 1 unspecified atom stereocenters. The quantitative estimate of drug-likeness (QED) is 0.901. The Balaban J connectivity index is 1.94. The largest absolute Gasteiger partial charge is 0.396 e. The number of hydrogen-bond acceptors (Lipinski definition) is 4. The van der Waals surface area contributed by atoms with Gasteiger partial charge in [-0.2, -0.15) is 0 Å². The number of likely N-dealkylation sites (tertiary alicyclic amines) is 1. The van der Waals surface area contributed by atoms with Crippen molar-refractivity contribution in [3.63, 3.8) is 0 Å². The minimum absolute atomic E-state index is 0.157. The van der Waals surface area contributed by atoms with Gasteiger partial charge in [-0.25, -0.2) is 4.98 Å². The van der Waals surface area contributed by atoms with Crippen LogP contribution in [0.2, 0.25) is 0 Å². The van der Waals surface area contributed by atoms with Crippen LogP contribution in [0.15, 0.2) is 6.20 Å². The summed E-state index contributed by atoms with van der Waals surface area (Å²) in [5.41, 5.74) is 0.157. The lowest BCUT2D eigenvalue weighted by Gasteiger charge is -2.23. The fraction of sp³-hybridized carbons (Fsp3) is 0.800. The van der Waals surface area contributed by atoms with Gasteiger partial charge in [-0.15, -0.1) is 11.3 Å². The smallest absolute Gasteiger partial charge is 0.0981 e. The summed E-state index contributed by atoms with van der Waals surface area (Å²) in [6, 6.07) is 0.660. The Kier molecular flexibility index (Phi) is 4.98. The van der Waals surface area contributed by atoms with Gasteiger partial charge in [-0.3, -0.25) is 4.90 Å². The van der Waals surface area contributed by atoms with E-state index in [4.69, 9.17) is 5.11 Å². The molecular weight excluding hydrogens is 256 g/mol.